The molecule has 2 aromatic heterocycles. The predicted octanol–water partition coefficient (Wildman–Crippen LogP) is 3.42. The molecule has 0 N–H and O–H groups in total. The van der Waals surface area contributed by atoms with Gasteiger partial charge in [0.25, 0.3) is 5.56 Å². The highest BCUT2D eigenvalue weighted by Crippen LogP contribution is 2.30. The summed E-state index contributed by atoms with van der Waals surface area (Å²) in [5, 5.41) is 0. The Morgan fingerprint density at radius 3 is 2.64 bits per heavy atom. The van der Waals surface area contributed by atoms with Gasteiger partial charge in [0.15, 0.2) is 6.61 Å². The van der Waals surface area contributed by atoms with Gasteiger partial charge >= 0.3 is 5.97 Å². The van der Waals surface area contributed by atoms with Crippen molar-refractivity contribution in [2.75, 3.05) is 6.61 Å². The van der Waals surface area contributed by atoms with Crippen LogP contribution in [0.3, 0.4) is 0 Å². The van der Waals surface area contributed by atoms with Crippen LogP contribution in [0.4, 0.5) is 0 Å². The Morgan fingerprint density at radius 1 is 1.14 bits per heavy atom. The molecule has 0 unspecified atom stereocenters. The average molecular weight is 380 g/mol. The number of aromatic nitrogens is 2. The second kappa shape index (κ2) is 7.84. The third-order valence-corrected chi connectivity index (χ3v) is 4.28. The molecule has 0 aliphatic heterocycles. The molecule has 0 atom stereocenters. The average Bonchev–Trinajstić information content (AvgIpc) is 2.65. The van der Waals surface area contributed by atoms with Crippen molar-refractivity contribution in [1.29, 1.82) is 0 Å². The molecule has 0 saturated carbocycles. The maximum absolute atomic E-state index is 12.2. The molecule has 2 heterocycles. The van der Waals surface area contributed by atoms with Gasteiger partial charge in [-0.25, -0.2) is 9.78 Å². The van der Waals surface area contributed by atoms with Crippen molar-refractivity contribution >= 4 is 11.6 Å². The van der Waals surface area contributed by atoms with Gasteiger partial charge in [-0.2, -0.15) is 0 Å². The zero-order valence-corrected chi connectivity index (χ0v) is 16.6. The summed E-state index contributed by atoms with van der Waals surface area (Å²) in [6.07, 6.45) is 1.72. The first-order valence-corrected chi connectivity index (χ1v) is 9.11. The molecule has 146 valence electrons. The predicted molar refractivity (Wildman–Crippen MR) is 107 cm³/mol. The van der Waals surface area contributed by atoms with E-state index in [1.165, 1.54) is 10.5 Å². The number of aryl methyl sites for hydroxylation is 1. The lowest BCUT2D eigenvalue weighted by molar-refractivity contribution is -0.147. The van der Waals surface area contributed by atoms with Crippen molar-refractivity contribution in [3.8, 4) is 5.75 Å². The van der Waals surface area contributed by atoms with E-state index in [9.17, 15) is 9.59 Å². The first kappa shape index (κ1) is 19.6. The zero-order chi connectivity index (χ0) is 20.3. The summed E-state index contributed by atoms with van der Waals surface area (Å²) in [4.78, 5) is 28.6. The number of benzene rings is 1. The lowest BCUT2D eigenvalue weighted by Gasteiger charge is -2.22. The molecule has 0 fully saturated rings. The zero-order valence-electron chi connectivity index (χ0n) is 16.6. The Morgan fingerprint density at radius 2 is 1.89 bits per heavy atom. The van der Waals surface area contributed by atoms with Crippen LogP contribution in [0.5, 0.6) is 5.75 Å². The number of hydrogen-bond donors (Lipinski definition) is 0. The van der Waals surface area contributed by atoms with Gasteiger partial charge in [-0.1, -0.05) is 45.0 Å². The minimum atomic E-state index is -0.519. The lowest BCUT2D eigenvalue weighted by atomic mass is 9.86. The minimum Gasteiger partial charge on any atom is -0.482 e. The standard InChI is InChI=1S/C22H24N2O4/c1-15-9-10-19-23-16(11-20(25)24(19)12-15)13-28-21(26)14-27-18-8-6-5-7-17(18)22(2,3)4/h5-12H,13-14H2,1-4H3. The van der Waals surface area contributed by atoms with Crippen molar-refractivity contribution in [2.24, 2.45) is 0 Å². The Hall–Kier alpha value is -3.15. The quantitative estimate of drug-likeness (QED) is 0.635. The fourth-order valence-electron chi connectivity index (χ4n) is 2.88. The summed E-state index contributed by atoms with van der Waals surface area (Å²) in [6, 6.07) is 12.6. The van der Waals surface area contributed by atoms with Crippen LogP contribution < -0.4 is 10.3 Å². The van der Waals surface area contributed by atoms with Crippen molar-refractivity contribution < 1.29 is 14.3 Å². The van der Waals surface area contributed by atoms with Crippen LogP contribution in [0.25, 0.3) is 5.65 Å². The number of nitrogens with zero attached hydrogens (tertiary/aromatic N) is 2. The van der Waals surface area contributed by atoms with E-state index in [0.717, 1.165) is 11.1 Å². The van der Waals surface area contributed by atoms with E-state index in [1.54, 1.807) is 12.3 Å². The molecular weight excluding hydrogens is 356 g/mol. The molecule has 0 aliphatic carbocycles. The van der Waals surface area contributed by atoms with Crippen molar-refractivity contribution in [3.05, 3.63) is 75.8 Å². The molecule has 6 nitrogen and oxygen atoms in total. The van der Waals surface area contributed by atoms with Gasteiger partial charge in [-0.05, 0) is 35.6 Å². The molecule has 1 aromatic carbocycles. The monoisotopic (exact) mass is 380 g/mol. The van der Waals surface area contributed by atoms with Gasteiger partial charge in [-0.15, -0.1) is 0 Å². The largest absolute Gasteiger partial charge is 0.482 e. The van der Waals surface area contributed by atoms with Gasteiger partial charge in [0.2, 0.25) is 0 Å². The van der Waals surface area contributed by atoms with Crippen LogP contribution in [0.2, 0.25) is 0 Å². The van der Waals surface area contributed by atoms with E-state index in [1.807, 2.05) is 37.3 Å². The Bertz CT molecular complexity index is 1060. The molecule has 0 bridgehead atoms. The van der Waals surface area contributed by atoms with Crippen molar-refractivity contribution in [1.82, 2.24) is 9.38 Å². The van der Waals surface area contributed by atoms with Crippen molar-refractivity contribution in [2.45, 2.75) is 39.7 Å². The Kier molecular flexibility index (Phi) is 5.49. The molecule has 0 radical (unpaired) electrons. The van der Waals surface area contributed by atoms with E-state index in [2.05, 4.69) is 25.8 Å². The fourth-order valence-corrected chi connectivity index (χ4v) is 2.88. The van der Waals surface area contributed by atoms with Crippen LogP contribution in [-0.2, 0) is 21.6 Å². The van der Waals surface area contributed by atoms with Gasteiger partial charge in [-0.3, -0.25) is 9.20 Å². The SMILES string of the molecule is Cc1ccc2nc(COC(=O)COc3ccccc3C(C)(C)C)cc(=O)n2c1. The normalized spacial score (nSPS) is 11.4. The molecule has 0 aliphatic rings. The van der Waals surface area contributed by atoms with Gasteiger partial charge in [0.05, 0.1) is 5.69 Å². The highest BCUT2D eigenvalue weighted by Gasteiger charge is 2.19. The molecule has 0 amide bonds. The highest BCUT2D eigenvalue weighted by atomic mass is 16.6. The van der Waals surface area contributed by atoms with E-state index in [-0.39, 0.29) is 24.2 Å². The number of fused-ring (bicyclic) bond motifs is 1. The molecule has 28 heavy (non-hydrogen) atoms. The Balaban J connectivity index is 1.63. The number of esters is 1. The first-order chi connectivity index (χ1) is 13.2. The van der Waals surface area contributed by atoms with Gasteiger partial charge < -0.3 is 9.47 Å². The Labute approximate surface area is 163 Å². The van der Waals surface area contributed by atoms with E-state index >= 15 is 0 Å². The maximum Gasteiger partial charge on any atom is 0.344 e. The third kappa shape index (κ3) is 4.57. The summed E-state index contributed by atoms with van der Waals surface area (Å²) in [6.45, 7) is 7.86. The summed E-state index contributed by atoms with van der Waals surface area (Å²) in [7, 11) is 0. The number of ether oxygens (including phenoxy) is 2. The van der Waals surface area contributed by atoms with Crippen LogP contribution in [-0.4, -0.2) is 22.0 Å². The number of rotatable bonds is 5. The topological polar surface area (TPSA) is 69.9 Å². The summed E-state index contributed by atoms with van der Waals surface area (Å²) >= 11 is 0. The smallest absolute Gasteiger partial charge is 0.344 e. The second-order valence-electron chi connectivity index (χ2n) is 7.72. The number of para-hydroxylation sites is 1. The number of pyridine rings is 1. The van der Waals surface area contributed by atoms with Crippen LogP contribution in [0.15, 0.2) is 53.5 Å². The number of carbonyl (C=O) groups excluding carboxylic acids is 1. The molecule has 3 aromatic rings. The van der Waals surface area contributed by atoms with E-state index in [4.69, 9.17) is 9.47 Å². The number of hydrogen-bond acceptors (Lipinski definition) is 5. The molecule has 6 heteroatoms. The van der Waals surface area contributed by atoms with Crippen LogP contribution in [0, 0.1) is 6.92 Å². The molecule has 3 rings (SSSR count). The molecule has 0 spiro atoms. The first-order valence-electron chi connectivity index (χ1n) is 9.11. The third-order valence-electron chi connectivity index (χ3n) is 4.28. The van der Waals surface area contributed by atoms with Crippen LogP contribution >= 0.6 is 0 Å². The van der Waals surface area contributed by atoms with Gasteiger partial charge in [0, 0.05) is 12.3 Å². The van der Waals surface area contributed by atoms with E-state index in [0.29, 0.717) is 17.1 Å². The highest BCUT2D eigenvalue weighted by molar-refractivity contribution is 5.71. The van der Waals surface area contributed by atoms with E-state index < -0.39 is 5.97 Å². The lowest BCUT2D eigenvalue weighted by Crippen LogP contribution is -2.20. The summed E-state index contributed by atoms with van der Waals surface area (Å²) in [5.74, 6) is 0.138. The van der Waals surface area contributed by atoms with Crippen molar-refractivity contribution in [3.63, 3.8) is 0 Å². The second-order valence-corrected chi connectivity index (χ2v) is 7.72. The number of carbonyl (C=O) groups is 1. The molecular formula is C22H24N2O4. The summed E-state index contributed by atoms with van der Waals surface area (Å²) < 4.78 is 12.4. The summed E-state index contributed by atoms with van der Waals surface area (Å²) in [5.41, 5.74) is 2.58. The van der Waals surface area contributed by atoms with Crippen LogP contribution in [0.1, 0.15) is 37.6 Å². The maximum atomic E-state index is 12.2. The molecule has 0 saturated heterocycles. The van der Waals surface area contributed by atoms with Gasteiger partial charge in [0.1, 0.15) is 18.0 Å². The minimum absolute atomic E-state index is 0.0806. The fraction of sp³-hybridized carbons (Fsp3) is 0.318.